The Kier molecular flexibility index (Phi) is 7.06. The Hall–Kier alpha value is -3.30. The van der Waals surface area contributed by atoms with Gasteiger partial charge in [0.05, 0.1) is 30.2 Å². The summed E-state index contributed by atoms with van der Waals surface area (Å²) in [6, 6.07) is 7.16. The molecule has 35 heavy (non-hydrogen) atoms. The van der Waals surface area contributed by atoms with Crippen molar-refractivity contribution in [3.05, 3.63) is 47.8 Å². The lowest BCUT2D eigenvalue weighted by molar-refractivity contribution is 0.0244. The maximum absolute atomic E-state index is 11.8. The van der Waals surface area contributed by atoms with Gasteiger partial charge in [0.25, 0.3) is 5.91 Å². The predicted molar refractivity (Wildman–Crippen MR) is 132 cm³/mol. The summed E-state index contributed by atoms with van der Waals surface area (Å²) in [6.45, 7) is 1.38. The number of hydrogen-bond donors (Lipinski definition) is 3. The van der Waals surface area contributed by atoms with Crippen molar-refractivity contribution in [1.29, 1.82) is 0 Å². The van der Waals surface area contributed by atoms with E-state index in [1.54, 1.807) is 25.4 Å². The number of pyridine rings is 1. The largest absolute Gasteiger partial charge is 0.474 e. The maximum atomic E-state index is 11.8. The molecule has 3 aromatic rings. The Balaban J connectivity index is 1.46. The van der Waals surface area contributed by atoms with Crippen molar-refractivity contribution < 1.29 is 19.4 Å². The average molecular weight is 478 g/mol. The van der Waals surface area contributed by atoms with E-state index in [0.29, 0.717) is 30.6 Å². The number of carbonyl (C=O) groups excluding carboxylic acids is 1. The third-order valence-electron chi connectivity index (χ3n) is 6.83. The van der Waals surface area contributed by atoms with E-state index >= 15 is 0 Å². The van der Waals surface area contributed by atoms with Crippen molar-refractivity contribution in [2.45, 2.75) is 56.7 Å². The summed E-state index contributed by atoms with van der Waals surface area (Å²) in [4.78, 5) is 25.9. The number of aliphatic hydroxyl groups is 1. The van der Waals surface area contributed by atoms with E-state index in [9.17, 15) is 9.90 Å². The lowest BCUT2D eigenvalue weighted by atomic mass is 9.83. The second kappa shape index (κ2) is 10.5. The second-order valence-electron chi connectivity index (χ2n) is 9.19. The van der Waals surface area contributed by atoms with Crippen molar-refractivity contribution in [3.8, 4) is 5.88 Å². The van der Waals surface area contributed by atoms with Gasteiger partial charge in [-0.25, -0.2) is 15.0 Å². The van der Waals surface area contributed by atoms with E-state index in [1.807, 2.05) is 18.3 Å². The van der Waals surface area contributed by atoms with Crippen LogP contribution in [0.2, 0.25) is 0 Å². The minimum absolute atomic E-state index is 0.0618. The molecule has 2 fully saturated rings. The molecule has 2 aromatic heterocycles. The van der Waals surface area contributed by atoms with Gasteiger partial charge in [-0.3, -0.25) is 4.79 Å². The van der Waals surface area contributed by atoms with Crippen LogP contribution in [-0.2, 0) is 4.74 Å². The Morgan fingerprint density at radius 2 is 1.77 bits per heavy atom. The monoisotopic (exact) mass is 477 g/mol. The van der Waals surface area contributed by atoms with Crippen molar-refractivity contribution in [2.75, 3.05) is 25.6 Å². The van der Waals surface area contributed by atoms with Gasteiger partial charge in [-0.1, -0.05) is 0 Å². The van der Waals surface area contributed by atoms with Crippen LogP contribution in [0, 0.1) is 0 Å². The molecule has 1 saturated heterocycles. The zero-order valence-electron chi connectivity index (χ0n) is 19.9. The van der Waals surface area contributed by atoms with Crippen LogP contribution >= 0.6 is 0 Å². The highest BCUT2D eigenvalue weighted by Crippen LogP contribution is 2.38. The number of rotatable bonds is 6. The van der Waals surface area contributed by atoms with E-state index in [2.05, 4.69) is 20.6 Å². The number of aliphatic hydroxyl groups excluding tert-OH is 1. The average Bonchev–Trinajstić information content (AvgIpc) is 2.90. The van der Waals surface area contributed by atoms with Crippen LogP contribution in [0.1, 0.15) is 60.4 Å². The fourth-order valence-electron chi connectivity index (χ4n) is 4.79. The zero-order valence-corrected chi connectivity index (χ0v) is 19.9. The second-order valence-corrected chi connectivity index (χ2v) is 9.19. The zero-order chi connectivity index (χ0) is 24.2. The van der Waals surface area contributed by atoms with Gasteiger partial charge in [-0.2, -0.15) is 0 Å². The third-order valence-corrected chi connectivity index (χ3v) is 6.83. The molecule has 184 valence electrons. The molecule has 0 bridgehead atoms. The summed E-state index contributed by atoms with van der Waals surface area (Å²) >= 11 is 0. The van der Waals surface area contributed by atoms with E-state index in [1.165, 1.54) is 0 Å². The summed E-state index contributed by atoms with van der Waals surface area (Å²) in [7, 11) is 1.61. The van der Waals surface area contributed by atoms with Gasteiger partial charge in [-0.05, 0) is 55.9 Å². The van der Waals surface area contributed by atoms with Gasteiger partial charge in [0, 0.05) is 49.1 Å². The summed E-state index contributed by atoms with van der Waals surface area (Å²) in [5, 5.41) is 16.6. The molecule has 9 nitrogen and oxygen atoms in total. The Morgan fingerprint density at radius 3 is 2.49 bits per heavy atom. The van der Waals surface area contributed by atoms with Crippen LogP contribution in [0.3, 0.4) is 0 Å². The van der Waals surface area contributed by atoms with Crippen molar-refractivity contribution in [3.63, 3.8) is 0 Å². The summed E-state index contributed by atoms with van der Waals surface area (Å²) in [5.74, 6) is 1.16. The first-order valence-electron chi connectivity index (χ1n) is 12.3. The molecule has 1 saturated carbocycles. The highest BCUT2D eigenvalue weighted by molar-refractivity contribution is 5.94. The summed E-state index contributed by atoms with van der Waals surface area (Å²) in [6.07, 6.45) is 8.49. The first-order valence-corrected chi connectivity index (χ1v) is 12.3. The van der Waals surface area contributed by atoms with Crippen molar-refractivity contribution >= 4 is 28.4 Å². The van der Waals surface area contributed by atoms with Crippen LogP contribution in [0.15, 0.2) is 36.7 Å². The van der Waals surface area contributed by atoms with Crippen LogP contribution in [0.4, 0.5) is 11.6 Å². The number of anilines is 2. The fraction of sp³-hybridized carbons (Fsp3) is 0.462. The lowest BCUT2D eigenvalue weighted by Gasteiger charge is -2.27. The van der Waals surface area contributed by atoms with Gasteiger partial charge in [0.2, 0.25) is 11.8 Å². The maximum Gasteiger partial charge on any atom is 0.251 e. The van der Waals surface area contributed by atoms with E-state index in [-0.39, 0.29) is 24.0 Å². The molecule has 0 radical (unpaired) electrons. The number of carbonyl (C=O) groups is 1. The summed E-state index contributed by atoms with van der Waals surface area (Å²) < 4.78 is 11.7. The topological polar surface area (TPSA) is 118 Å². The van der Waals surface area contributed by atoms with Crippen molar-refractivity contribution in [2.24, 2.45) is 0 Å². The Labute approximate surface area is 204 Å². The number of aromatic nitrogens is 3. The van der Waals surface area contributed by atoms with Gasteiger partial charge in [-0.15, -0.1) is 0 Å². The van der Waals surface area contributed by atoms with E-state index in [4.69, 9.17) is 14.5 Å². The highest BCUT2D eigenvalue weighted by Gasteiger charge is 2.26. The number of fused-ring (bicyclic) bond motifs is 1. The molecule has 0 atom stereocenters. The smallest absolute Gasteiger partial charge is 0.251 e. The molecule has 5 rings (SSSR count). The van der Waals surface area contributed by atoms with E-state index in [0.717, 1.165) is 60.7 Å². The number of nitrogens with one attached hydrogen (secondary N) is 2. The van der Waals surface area contributed by atoms with Crippen LogP contribution < -0.4 is 15.4 Å². The molecule has 1 aliphatic carbocycles. The molecule has 0 unspecified atom stereocenters. The van der Waals surface area contributed by atoms with Gasteiger partial charge in [0.15, 0.2) is 0 Å². The van der Waals surface area contributed by atoms with Gasteiger partial charge < -0.3 is 25.2 Å². The molecule has 0 spiro atoms. The minimum atomic E-state index is -0.230. The highest BCUT2D eigenvalue weighted by atomic mass is 16.5. The lowest BCUT2D eigenvalue weighted by Crippen LogP contribution is -2.26. The number of nitrogens with zero attached hydrogens (tertiary/aromatic N) is 3. The number of hydrogen-bond acceptors (Lipinski definition) is 8. The van der Waals surface area contributed by atoms with Gasteiger partial charge >= 0.3 is 0 Å². The van der Waals surface area contributed by atoms with Crippen molar-refractivity contribution in [1.82, 2.24) is 20.3 Å². The molecular formula is C26H31N5O4. The molecule has 9 heteroatoms. The molecule has 3 N–H and O–H groups in total. The van der Waals surface area contributed by atoms with Gasteiger partial charge in [0.1, 0.15) is 6.10 Å². The molecule has 1 aromatic carbocycles. The minimum Gasteiger partial charge on any atom is -0.474 e. The SMILES string of the molecule is CNC(=O)c1ccc(Nc2ncc3c(OC4CCOCC4)ncc(C4CCC(O)CC4)c3n2)cc1. The Morgan fingerprint density at radius 1 is 1.03 bits per heavy atom. The first kappa shape index (κ1) is 23.4. The fourth-order valence-corrected chi connectivity index (χ4v) is 4.79. The number of ether oxygens (including phenoxy) is 2. The predicted octanol–water partition coefficient (Wildman–Crippen LogP) is 3.70. The van der Waals surface area contributed by atoms with Crippen LogP contribution in [0.5, 0.6) is 5.88 Å². The van der Waals surface area contributed by atoms with E-state index < -0.39 is 0 Å². The molecule has 2 aliphatic rings. The first-order chi connectivity index (χ1) is 17.1. The summed E-state index contributed by atoms with van der Waals surface area (Å²) in [5.41, 5.74) is 3.25. The molecular weight excluding hydrogens is 446 g/mol. The van der Waals surface area contributed by atoms with Crippen LogP contribution in [-0.4, -0.2) is 58.4 Å². The molecule has 1 amide bonds. The third kappa shape index (κ3) is 5.36. The quantitative estimate of drug-likeness (QED) is 0.492. The molecule has 3 heterocycles. The standard InChI is InChI=1S/C26H31N5O4/c1-27-24(33)17-2-6-18(7-3-17)30-26-29-15-22-23(31-26)21(16-4-8-19(32)9-5-16)14-28-25(22)35-20-10-12-34-13-11-20/h2-3,6-7,14-16,19-20,32H,4-5,8-13H2,1H3,(H,27,33)(H,29,30,31). The molecule has 1 aliphatic heterocycles. The number of benzene rings is 1. The van der Waals surface area contributed by atoms with Crippen LogP contribution in [0.25, 0.3) is 10.9 Å². The normalized spacial score (nSPS) is 21.0. The number of amides is 1. The Bertz CT molecular complexity index is 1170.